The summed E-state index contributed by atoms with van der Waals surface area (Å²) >= 11 is 6.05. The highest BCUT2D eigenvalue weighted by Gasteiger charge is 2.15. The van der Waals surface area contributed by atoms with Crippen molar-refractivity contribution < 1.29 is 12.8 Å². The Balaban J connectivity index is 2.69. The maximum atomic E-state index is 13.8. The molecule has 1 aromatic carbocycles. The first-order valence-electron chi connectivity index (χ1n) is 7.17. The monoisotopic (exact) mass is 335 g/mol. The van der Waals surface area contributed by atoms with Crippen LogP contribution in [0.2, 0.25) is 5.02 Å². The molecular weight excluding hydrogens is 313 g/mol. The van der Waals surface area contributed by atoms with E-state index in [9.17, 15) is 12.8 Å². The van der Waals surface area contributed by atoms with Gasteiger partial charge in [-0.05, 0) is 44.4 Å². The van der Waals surface area contributed by atoms with Crippen molar-refractivity contribution in [3.63, 3.8) is 0 Å². The first kappa shape index (κ1) is 18.4. The second kappa shape index (κ2) is 8.71. The number of sulfone groups is 1. The Morgan fingerprint density at radius 3 is 2.67 bits per heavy atom. The summed E-state index contributed by atoms with van der Waals surface area (Å²) in [5.41, 5.74) is 0.493. The smallest absolute Gasteiger partial charge is 0.147 e. The van der Waals surface area contributed by atoms with Crippen molar-refractivity contribution in [1.29, 1.82) is 0 Å². The van der Waals surface area contributed by atoms with Crippen LogP contribution in [0.3, 0.4) is 0 Å². The molecule has 0 aliphatic heterocycles. The van der Waals surface area contributed by atoms with E-state index < -0.39 is 9.84 Å². The lowest BCUT2D eigenvalue weighted by Gasteiger charge is -2.19. The summed E-state index contributed by atoms with van der Waals surface area (Å²) in [4.78, 5) is 0. The standard InChI is InChI=1S/C15H23ClFNO2S/c1-3-9-18-12(6-5-10-21(2,19)20)11-13-14(16)7-4-8-15(13)17/h4,7-8,12,18H,3,5-6,9-11H2,1-2H3. The Morgan fingerprint density at radius 2 is 2.10 bits per heavy atom. The van der Waals surface area contributed by atoms with Crippen molar-refractivity contribution in [2.45, 2.75) is 38.6 Å². The van der Waals surface area contributed by atoms with Gasteiger partial charge in [0.15, 0.2) is 0 Å². The van der Waals surface area contributed by atoms with Crippen molar-refractivity contribution in [2.24, 2.45) is 0 Å². The molecule has 1 rings (SSSR count). The fourth-order valence-corrected chi connectivity index (χ4v) is 3.12. The molecule has 120 valence electrons. The van der Waals surface area contributed by atoms with E-state index in [2.05, 4.69) is 12.2 Å². The summed E-state index contributed by atoms with van der Waals surface area (Å²) in [6, 6.07) is 4.68. The molecule has 0 aromatic heterocycles. The highest BCUT2D eigenvalue weighted by Crippen LogP contribution is 2.21. The average molecular weight is 336 g/mol. The van der Waals surface area contributed by atoms with E-state index in [0.717, 1.165) is 13.0 Å². The molecule has 1 unspecified atom stereocenters. The third-order valence-corrected chi connectivity index (χ3v) is 4.65. The molecular formula is C15H23ClFNO2S. The molecule has 0 radical (unpaired) electrons. The number of hydrogen-bond donors (Lipinski definition) is 1. The van der Waals surface area contributed by atoms with Crippen LogP contribution in [0.15, 0.2) is 18.2 Å². The zero-order valence-electron chi connectivity index (χ0n) is 12.5. The lowest BCUT2D eigenvalue weighted by molar-refractivity contribution is 0.463. The number of rotatable bonds is 9. The van der Waals surface area contributed by atoms with Gasteiger partial charge in [0, 0.05) is 28.6 Å². The molecule has 0 fully saturated rings. The van der Waals surface area contributed by atoms with Gasteiger partial charge < -0.3 is 5.32 Å². The molecule has 6 heteroatoms. The molecule has 0 aliphatic rings. The molecule has 1 atom stereocenters. The second-order valence-corrected chi connectivity index (χ2v) is 7.99. The average Bonchev–Trinajstić information content (AvgIpc) is 2.38. The molecule has 3 nitrogen and oxygen atoms in total. The van der Waals surface area contributed by atoms with E-state index >= 15 is 0 Å². The summed E-state index contributed by atoms with van der Waals surface area (Å²) < 4.78 is 36.2. The largest absolute Gasteiger partial charge is 0.314 e. The van der Waals surface area contributed by atoms with Crippen molar-refractivity contribution >= 4 is 21.4 Å². The summed E-state index contributed by atoms with van der Waals surface area (Å²) in [6.07, 6.45) is 3.90. The molecule has 0 amide bonds. The van der Waals surface area contributed by atoms with Crippen LogP contribution in [-0.4, -0.2) is 33.0 Å². The SMILES string of the molecule is CCCNC(CCCS(C)(=O)=O)Cc1c(F)cccc1Cl. The maximum Gasteiger partial charge on any atom is 0.147 e. The van der Waals surface area contributed by atoms with E-state index in [-0.39, 0.29) is 17.6 Å². The minimum absolute atomic E-state index is 0.0288. The van der Waals surface area contributed by atoms with Crippen LogP contribution >= 0.6 is 11.6 Å². The minimum Gasteiger partial charge on any atom is -0.314 e. The molecule has 0 bridgehead atoms. The van der Waals surface area contributed by atoms with Gasteiger partial charge in [-0.25, -0.2) is 12.8 Å². The summed E-state index contributed by atoms with van der Waals surface area (Å²) in [6.45, 7) is 2.87. The van der Waals surface area contributed by atoms with E-state index in [4.69, 9.17) is 11.6 Å². The van der Waals surface area contributed by atoms with E-state index in [1.165, 1.54) is 12.3 Å². The van der Waals surface area contributed by atoms with Gasteiger partial charge in [0.05, 0.1) is 0 Å². The highest BCUT2D eigenvalue weighted by atomic mass is 35.5. The Hall–Kier alpha value is -0.650. The topological polar surface area (TPSA) is 46.2 Å². The quantitative estimate of drug-likeness (QED) is 0.753. The van der Waals surface area contributed by atoms with Gasteiger partial charge in [-0.15, -0.1) is 0 Å². The molecule has 1 aromatic rings. The fourth-order valence-electron chi connectivity index (χ4n) is 2.19. The molecule has 0 saturated carbocycles. The van der Waals surface area contributed by atoms with Crippen molar-refractivity contribution in [2.75, 3.05) is 18.6 Å². The number of nitrogens with one attached hydrogen (secondary N) is 1. The Labute approximate surface area is 131 Å². The first-order chi connectivity index (χ1) is 9.83. The van der Waals surface area contributed by atoms with Gasteiger partial charge in [-0.3, -0.25) is 0 Å². The van der Waals surface area contributed by atoms with Gasteiger partial charge in [-0.2, -0.15) is 0 Å². The van der Waals surface area contributed by atoms with Crippen LogP contribution in [0.25, 0.3) is 0 Å². The molecule has 0 heterocycles. The molecule has 0 spiro atoms. The maximum absolute atomic E-state index is 13.8. The van der Waals surface area contributed by atoms with Crippen LogP contribution in [0.4, 0.5) is 4.39 Å². The molecule has 1 N–H and O–H groups in total. The second-order valence-electron chi connectivity index (χ2n) is 5.33. The lowest BCUT2D eigenvalue weighted by atomic mass is 10.0. The Bertz CT molecular complexity index is 528. The van der Waals surface area contributed by atoms with Gasteiger partial charge in [-0.1, -0.05) is 24.6 Å². The lowest BCUT2D eigenvalue weighted by Crippen LogP contribution is -2.32. The number of benzene rings is 1. The first-order valence-corrected chi connectivity index (χ1v) is 9.61. The fraction of sp³-hybridized carbons (Fsp3) is 0.600. The predicted octanol–water partition coefficient (Wildman–Crippen LogP) is 3.21. The normalized spacial score (nSPS) is 13.3. The number of hydrogen-bond acceptors (Lipinski definition) is 3. The van der Waals surface area contributed by atoms with E-state index in [0.29, 0.717) is 29.8 Å². The van der Waals surface area contributed by atoms with Crippen molar-refractivity contribution in [3.05, 3.63) is 34.6 Å². The van der Waals surface area contributed by atoms with Gasteiger partial charge >= 0.3 is 0 Å². The minimum atomic E-state index is -2.96. The zero-order valence-corrected chi connectivity index (χ0v) is 14.1. The van der Waals surface area contributed by atoms with Gasteiger partial charge in [0.2, 0.25) is 0 Å². The molecule has 0 saturated heterocycles. The Morgan fingerprint density at radius 1 is 1.38 bits per heavy atom. The number of halogens is 2. The molecule has 21 heavy (non-hydrogen) atoms. The van der Waals surface area contributed by atoms with Gasteiger partial charge in [0.1, 0.15) is 15.7 Å². The molecule has 0 aliphatic carbocycles. The van der Waals surface area contributed by atoms with Crippen LogP contribution in [-0.2, 0) is 16.3 Å². The van der Waals surface area contributed by atoms with E-state index in [1.807, 2.05) is 0 Å². The third-order valence-electron chi connectivity index (χ3n) is 3.26. The van der Waals surface area contributed by atoms with Crippen molar-refractivity contribution in [1.82, 2.24) is 5.32 Å². The predicted molar refractivity (Wildman–Crippen MR) is 86.1 cm³/mol. The van der Waals surface area contributed by atoms with Crippen molar-refractivity contribution in [3.8, 4) is 0 Å². The third kappa shape index (κ3) is 7.25. The van der Waals surface area contributed by atoms with Crippen LogP contribution in [0.1, 0.15) is 31.7 Å². The van der Waals surface area contributed by atoms with Crippen LogP contribution in [0, 0.1) is 5.82 Å². The van der Waals surface area contributed by atoms with Gasteiger partial charge in [0.25, 0.3) is 0 Å². The highest BCUT2D eigenvalue weighted by molar-refractivity contribution is 7.90. The summed E-state index contributed by atoms with van der Waals surface area (Å²) in [5, 5.41) is 3.76. The van der Waals surface area contributed by atoms with Crippen LogP contribution < -0.4 is 5.32 Å². The van der Waals surface area contributed by atoms with E-state index in [1.54, 1.807) is 12.1 Å². The summed E-state index contributed by atoms with van der Waals surface area (Å²) in [5.74, 6) is -0.156. The Kier molecular flexibility index (Phi) is 7.63. The van der Waals surface area contributed by atoms with Crippen LogP contribution in [0.5, 0.6) is 0 Å². The summed E-state index contributed by atoms with van der Waals surface area (Å²) in [7, 11) is -2.96. The zero-order chi connectivity index (χ0) is 15.9.